The van der Waals surface area contributed by atoms with Gasteiger partial charge in [0.1, 0.15) is 5.75 Å². The van der Waals surface area contributed by atoms with Crippen LogP contribution in [0.15, 0.2) is 54.6 Å². The van der Waals surface area contributed by atoms with Crippen molar-refractivity contribution in [1.29, 1.82) is 0 Å². The minimum absolute atomic E-state index is 0.0136. The Morgan fingerprint density at radius 1 is 1.08 bits per heavy atom. The van der Waals surface area contributed by atoms with Gasteiger partial charge in [0, 0.05) is 5.69 Å². The molecule has 0 fully saturated rings. The fourth-order valence-corrected chi connectivity index (χ4v) is 1.95. The summed E-state index contributed by atoms with van der Waals surface area (Å²) in [6.45, 7) is 1.25. The second-order valence-corrected chi connectivity index (χ2v) is 5.30. The highest BCUT2D eigenvalue weighted by Crippen LogP contribution is 2.20. The minimum atomic E-state index is -2.00. The maximum absolute atomic E-state index is 12.4. The van der Waals surface area contributed by atoms with Gasteiger partial charge in [-0.3, -0.25) is 4.79 Å². The molecule has 24 heavy (non-hydrogen) atoms. The van der Waals surface area contributed by atoms with Gasteiger partial charge < -0.3 is 19.9 Å². The molecule has 1 amide bonds. The summed E-state index contributed by atoms with van der Waals surface area (Å²) in [5.74, 6) is -1.48. The second kappa shape index (κ2) is 7.61. The molecule has 0 heterocycles. The van der Waals surface area contributed by atoms with Crippen molar-refractivity contribution in [2.24, 2.45) is 0 Å². The van der Waals surface area contributed by atoms with E-state index in [0.717, 1.165) is 5.56 Å². The molecule has 126 valence electrons. The summed E-state index contributed by atoms with van der Waals surface area (Å²) in [6.07, 6.45) is 0. The predicted molar refractivity (Wildman–Crippen MR) is 88.9 cm³/mol. The number of anilines is 1. The summed E-state index contributed by atoms with van der Waals surface area (Å²) < 4.78 is 10.5. The topological polar surface area (TPSA) is 84.9 Å². The van der Waals surface area contributed by atoms with Crippen molar-refractivity contribution < 1.29 is 24.2 Å². The highest BCUT2D eigenvalue weighted by molar-refractivity contribution is 6.11. The van der Waals surface area contributed by atoms with Crippen LogP contribution in [0.25, 0.3) is 0 Å². The summed E-state index contributed by atoms with van der Waals surface area (Å²) in [6, 6.07) is 15.6. The highest BCUT2D eigenvalue weighted by atomic mass is 16.5. The number of hydrogen-bond acceptors (Lipinski definition) is 4. The molecular weight excluding hydrogens is 310 g/mol. The van der Waals surface area contributed by atoms with Crippen LogP contribution >= 0.6 is 0 Å². The predicted octanol–water partition coefficient (Wildman–Crippen LogP) is 2.69. The molecule has 0 aliphatic carbocycles. The number of nitrogens with one attached hydrogen (secondary N) is 1. The molecule has 2 aromatic carbocycles. The zero-order valence-electron chi connectivity index (χ0n) is 13.5. The Kier molecular flexibility index (Phi) is 5.55. The van der Waals surface area contributed by atoms with Crippen LogP contribution in [-0.4, -0.2) is 29.7 Å². The SMILES string of the molecule is COc1ccc(NC(=O)C(C)(OCc2ccccc2)C(=O)O)cc1. The molecule has 0 aliphatic rings. The Balaban J connectivity index is 2.09. The van der Waals surface area contributed by atoms with E-state index in [1.807, 2.05) is 18.2 Å². The van der Waals surface area contributed by atoms with Crippen LogP contribution in [0.2, 0.25) is 0 Å². The molecule has 6 heteroatoms. The van der Waals surface area contributed by atoms with Crippen molar-refractivity contribution in [3.8, 4) is 5.75 Å². The first-order chi connectivity index (χ1) is 11.5. The molecule has 1 atom stereocenters. The van der Waals surface area contributed by atoms with E-state index in [4.69, 9.17) is 9.47 Å². The summed E-state index contributed by atoms with van der Waals surface area (Å²) in [7, 11) is 1.53. The van der Waals surface area contributed by atoms with Crippen molar-refractivity contribution in [2.75, 3.05) is 12.4 Å². The van der Waals surface area contributed by atoms with E-state index in [0.29, 0.717) is 11.4 Å². The quantitative estimate of drug-likeness (QED) is 0.763. The third kappa shape index (κ3) is 4.11. The Morgan fingerprint density at radius 3 is 2.25 bits per heavy atom. The van der Waals surface area contributed by atoms with Crippen LogP contribution < -0.4 is 10.1 Å². The van der Waals surface area contributed by atoms with Crippen LogP contribution in [0.3, 0.4) is 0 Å². The lowest BCUT2D eigenvalue weighted by molar-refractivity contribution is -0.170. The van der Waals surface area contributed by atoms with Gasteiger partial charge in [-0.05, 0) is 36.8 Å². The number of amides is 1. The molecule has 0 radical (unpaired) electrons. The van der Waals surface area contributed by atoms with E-state index in [1.165, 1.54) is 14.0 Å². The fraction of sp³-hybridized carbons (Fsp3) is 0.222. The van der Waals surface area contributed by atoms with Crippen molar-refractivity contribution >= 4 is 17.6 Å². The Labute approximate surface area is 140 Å². The highest BCUT2D eigenvalue weighted by Gasteiger charge is 2.43. The summed E-state index contributed by atoms with van der Waals surface area (Å²) in [4.78, 5) is 24.0. The molecule has 0 saturated carbocycles. The molecule has 2 rings (SSSR count). The lowest BCUT2D eigenvalue weighted by atomic mass is 10.1. The number of carboxylic acids is 1. The van der Waals surface area contributed by atoms with E-state index in [9.17, 15) is 14.7 Å². The van der Waals surface area contributed by atoms with Gasteiger partial charge in [0.15, 0.2) is 0 Å². The van der Waals surface area contributed by atoms with E-state index < -0.39 is 17.5 Å². The van der Waals surface area contributed by atoms with Gasteiger partial charge in [-0.2, -0.15) is 0 Å². The Bertz CT molecular complexity index is 699. The third-order valence-electron chi connectivity index (χ3n) is 3.56. The molecule has 0 aromatic heterocycles. The van der Waals surface area contributed by atoms with Crippen LogP contribution in [0, 0.1) is 0 Å². The van der Waals surface area contributed by atoms with Crippen molar-refractivity contribution in [1.82, 2.24) is 0 Å². The van der Waals surface area contributed by atoms with E-state index in [2.05, 4.69) is 5.32 Å². The van der Waals surface area contributed by atoms with Crippen LogP contribution in [-0.2, 0) is 20.9 Å². The van der Waals surface area contributed by atoms with Crippen LogP contribution in [0.5, 0.6) is 5.75 Å². The van der Waals surface area contributed by atoms with Crippen molar-refractivity contribution in [3.05, 3.63) is 60.2 Å². The van der Waals surface area contributed by atoms with Gasteiger partial charge >= 0.3 is 5.97 Å². The minimum Gasteiger partial charge on any atom is -0.497 e. The standard InChI is InChI=1S/C18H19NO5/c1-18(17(21)22,24-12-13-6-4-3-5-7-13)16(20)19-14-8-10-15(23-2)11-9-14/h3-11H,12H2,1-2H3,(H,19,20)(H,21,22). The fourth-order valence-electron chi connectivity index (χ4n) is 1.95. The van der Waals surface area contributed by atoms with Crippen molar-refractivity contribution in [3.63, 3.8) is 0 Å². The first-order valence-corrected chi connectivity index (χ1v) is 7.32. The van der Waals surface area contributed by atoms with Gasteiger partial charge in [0.05, 0.1) is 13.7 Å². The number of methoxy groups -OCH3 is 1. The molecule has 6 nitrogen and oxygen atoms in total. The number of carbonyl (C=O) groups is 2. The average molecular weight is 329 g/mol. The summed E-state index contributed by atoms with van der Waals surface area (Å²) >= 11 is 0. The van der Waals surface area contributed by atoms with Gasteiger partial charge in [0.2, 0.25) is 5.60 Å². The Morgan fingerprint density at radius 2 is 1.71 bits per heavy atom. The first-order valence-electron chi connectivity index (χ1n) is 7.32. The Hall–Kier alpha value is -2.86. The van der Waals surface area contributed by atoms with Gasteiger partial charge in [-0.15, -0.1) is 0 Å². The maximum atomic E-state index is 12.4. The maximum Gasteiger partial charge on any atom is 0.345 e. The van der Waals surface area contributed by atoms with Crippen molar-refractivity contribution in [2.45, 2.75) is 19.1 Å². The summed E-state index contributed by atoms with van der Waals surface area (Å²) in [5, 5.41) is 12.0. The molecule has 0 bridgehead atoms. The van der Waals surface area contributed by atoms with E-state index >= 15 is 0 Å². The monoisotopic (exact) mass is 329 g/mol. The first kappa shape index (κ1) is 17.5. The molecule has 2 aromatic rings. The van der Waals surface area contributed by atoms with Crippen LogP contribution in [0.1, 0.15) is 12.5 Å². The molecule has 0 aliphatic heterocycles. The van der Waals surface area contributed by atoms with Gasteiger partial charge in [-0.1, -0.05) is 30.3 Å². The smallest absolute Gasteiger partial charge is 0.345 e. The normalized spacial score (nSPS) is 12.9. The second-order valence-electron chi connectivity index (χ2n) is 5.30. The third-order valence-corrected chi connectivity index (χ3v) is 3.56. The largest absolute Gasteiger partial charge is 0.497 e. The van der Waals surface area contributed by atoms with E-state index in [1.54, 1.807) is 36.4 Å². The number of ether oxygens (including phenoxy) is 2. The number of carbonyl (C=O) groups excluding carboxylic acids is 1. The molecule has 0 saturated heterocycles. The lowest BCUT2D eigenvalue weighted by Gasteiger charge is -2.24. The zero-order valence-corrected chi connectivity index (χ0v) is 13.5. The van der Waals surface area contributed by atoms with Crippen LogP contribution in [0.4, 0.5) is 5.69 Å². The number of aliphatic carboxylic acids is 1. The van der Waals surface area contributed by atoms with Gasteiger partial charge in [-0.25, -0.2) is 4.79 Å². The average Bonchev–Trinajstić information content (AvgIpc) is 2.61. The lowest BCUT2D eigenvalue weighted by Crippen LogP contribution is -2.49. The molecule has 0 spiro atoms. The number of carboxylic acid groups (broad SMARTS) is 1. The van der Waals surface area contributed by atoms with Gasteiger partial charge in [0.25, 0.3) is 5.91 Å². The zero-order chi connectivity index (χ0) is 17.6. The number of rotatable bonds is 7. The molecular formula is C18H19NO5. The van der Waals surface area contributed by atoms with E-state index in [-0.39, 0.29) is 6.61 Å². The summed E-state index contributed by atoms with van der Waals surface area (Å²) in [5.41, 5.74) is -0.769. The number of hydrogen-bond donors (Lipinski definition) is 2. The molecule has 1 unspecified atom stereocenters. The number of benzene rings is 2. The molecule has 2 N–H and O–H groups in total.